The number of hydrogen-bond acceptors (Lipinski definition) is 4. The second kappa shape index (κ2) is 3.79. The molecule has 76 valence electrons. The van der Waals surface area contributed by atoms with Crippen molar-refractivity contribution in [3.63, 3.8) is 0 Å². The second-order valence-electron chi connectivity index (χ2n) is 2.74. The van der Waals surface area contributed by atoms with Gasteiger partial charge in [-0.15, -0.1) is 0 Å². The fourth-order valence-electron chi connectivity index (χ4n) is 1.14. The van der Waals surface area contributed by atoms with Crippen molar-refractivity contribution < 1.29 is 9.53 Å². The van der Waals surface area contributed by atoms with Gasteiger partial charge in [0.1, 0.15) is 5.75 Å². The predicted molar refractivity (Wildman–Crippen MR) is 51.6 cm³/mol. The van der Waals surface area contributed by atoms with Crippen LogP contribution in [-0.4, -0.2) is 21.1 Å². The minimum absolute atomic E-state index is 0.359. The summed E-state index contributed by atoms with van der Waals surface area (Å²) in [5.41, 5.74) is 5.59. The zero-order valence-electron chi connectivity index (χ0n) is 7.70. The van der Waals surface area contributed by atoms with Crippen LogP contribution < -0.4 is 10.5 Å². The van der Waals surface area contributed by atoms with Crippen molar-refractivity contribution in [2.24, 2.45) is 5.73 Å². The smallest absolute Gasteiger partial charge is 0.409 e. The van der Waals surface area contributed by atoms with Crippen LogP contribution in [0.15, 0.2) is 36.7 Å². The number of ether oxygens (including phenoxy) is 1. The van der Waals surface area contributed by atoms with Gasteiger partial charge in [0, 0.05) is 6.07 Å². The first-order valence-electron chi connectivity index (χ1n) is 4.20. The molecule has 1 aromatic heterocycles. The normalized spacial score (nSPS) is 9.87. The van der Waals surface area contributed by atoms with E-state index >= 15 is 0 Å². The maximum atomic E-state index is 10.5. The lowest BCUT2D eigenvalue weighted by Crippen LogP contribution is -2.16. The van der Waals surface area contributed by atoms with E-state index in [1.165, 1.54) is 4.80 Å². The lowest BCUT2D eigenvalue weighted by molar-refractivity contribution is 0.211. The quantitative estimate of drug-likeness (QED) is 0.781. The van der Waals surface area contributed by atoms with Crippen LogP contribution in [0, 0.1) is 0 Å². The van der Waals surface area contributed by atoms with E-state index in [9.17, 15) is 4.79 Å². The standard InChI is InChI=1S/C9H8N4O2/c10-9(14)15-8-3-1-2-7(6-8)13-11-4-5-12-13/h1-6H,(H2,10,14). The number of aromatic nitrogens is 3. The first-order valence-corrected chi connectivity index (χ1v) is 4.20. The summed E-state index contributed by atoms with van der Waals surface area (Å²) in [6.45, 7) is 0. The molecule has 0 aliphatic rings. The highest BCUT2D eigenvalue weighted by Crippen LogP contribution is 2.15. The number of benzene rings is 1. The van der Waals surface area contributed by atoms with Gasteiger partial charge in [0.25, 0.3) is 0 Å². The van der Waals surface area contributed by atoms with Gasteiger partial charge in [-0.2, -0.15) is 15.0 Å². The molecule has 0 bridgehead atoms. The largest absolute Gasteiger partial charge is 0.410 e. The lowest BCUT2D eigenvalue weighted by Gasteiger charge is -2.03. The molecule has 0 spiro atoms. The molecule has 2 N–H and O–H groups in total. The summed E-state index contributed by atoms with van der Waals surface area (Å²) in [5, 5.41) is 7.88. The third-order valence-electron chi connectivity index (χ3n) is 1.69. The average Bonchev–Trinajstić information content (AvgIpc) is 2.69. The Bertz CT molecular complexity index is 467. The van der Waals surface area contributed by atoms with Gasteiger partial charge in [-0.1, -0.05) is 6.07 Å². The summed E-state index contributed by atoms with van der Waals surface area (Å²) >= 11 is 0. The van der Waals surface area contributed by atoms with Gasteiger partial charge in [-0.3, -0.25) is 0 Å². The lowest BCUT2D eigenvalue weighted by atomic mass is 10.3. The molecule has 2 rings (SSSR count). The van der Waals surface area contributed by atoms with Crippen molar-refractivity contribution in [1.82, 2.24) is 15.0 Å². The number of carbonyl (C=O) groups excluding carboxylic acids is 1. The third-order valence-corrected chi connectivity index (χ3v) is 1.69. The van der Waals surface area contributed by atoms with E-state index in [2.05, 4.69) is 10.2 Å². The molecule has 1 amide bonds. The molecule has 0 aliphatic carbocycles. The van der Waals surface area contributed by atoms with Crippen molar-refractivity contribution in [1.29, 1.82) is 0 Å². The molecule has 1 aromatic carbocycles. The van der Waals surface area contributed by atoms with Crippen LogP contribution in [0.2, 0.25) is 0 Å². The van der Waals surface area contributed by atoms with Crippen LogP contribution in [0.5, 0.6) is 5.75 Å². The van der Waals surface area contributed by atoms with Gasteiger partial charge in [0.15, 0.2) is 0 Å². The molecule has 0 saturated carbocycles. The van der Waals surface area contributed by atoms with E-state index in [0.29, 0.717) is 11.4 Å². The summed E-state index contributed by atoms with van der Waals surface area (Å²) in [4.78, 5) is 11.9. The van der Waals surface area contributed by atoms with Crippen LogP contribution in [-0.2, 0) is 0 Å². The average molecular weight is 204 g/mol. The molecule has 0 saturated heterocycles. The van der Waals surface area contributed by atoms with E-state index < -0.39 is 6.09 Å². The van der Waals surface area contributed by atoms with Crippen molar-refractivity contribution in [2.75, 3.05) is 0 Å². The summed E-state index contributed by atoms with van der Waals surface area (Å²) in [6, 6.07) is 6.74. The second-order valence-corrected chi connectivity index (χ2v) is 2.74. The number of carbonyl (C=O) groups is 1. The molecule has 1 heterocycles. The highest BCUT2D eigenvalue weighted by Gasteiger charge is 2.02. The summed E-state index contributed by atoms with van der Waals surface area (Å²) in [7, 11) is 0. The van der Waals surface area contributed by atoms with Gasteiger partial charge in [0.2, 0.25) is 0 Å². The Morgan fingerprint density at radius 2 is 2.07 bits per heavy atom. The summed E-state index contributed by atoms with van der Waals surface area (Å²) in [5.74, 6) is 0.359. The number of hydrogen-bond donors (Lipinski definition) is 1. The zero-order chi connectivity index (χ0) is 10.7. The van der Waals surface area contributed by atoms with E-state index in [1.54, 1.807) is 36.7 Å². The molecule has 0 atom stereocenters. The first-order chi connectivity index (χ1) is 7.25. The molecule has 0 unspecified atom stereocenters. The van der Waals surface area contributed by atoms with Crippen molar-refractivity contribution in [3.05, 3.63) is 36.7 Å². The number of nitrogens with zero attached hydrogens (tertiary/aromatic N) is 3. The summed E-state index contributed by atoms with van der Waals surface area (Å²) in [6.07, 6.45) is 2.27. The Labute approximate surface area is 85.3 Å². The molecule has 15 heavy (non-hydrogen) atoms. The fraction of sp³-hybridized carbons (Fsp3) is 0. The number of rotatable bonds is 2. The maximum Gasteiger partial charge on any atom is 0.409 e. The van der Waals surface area contributed by atoms with E-state index in [-0.39, 0.29) is 0 Å². The summed E-state index contributed by atoms with van der Waals surface area (Å²) < 4.78 is 4.72. The SMILES string of the molecule is NC(=O)Oc1cccc(-n2nccn2)c1. The Morgan fingerprint density at radius 3 is 2.73 bits per heavy atom. The molecule has 2 aromatic rings. The van der Waals surface area contributed by atoms with Gasteiger partial charge in [-0.05, 0) is 12.1 Å². The molecule has 0 fully saturated rings. The minimum Gasteiger partial charge on any atom is -0.410 e. The van der Waals surface area contributed by atoms with Gasteiger partial charge < -0.3 is 10.5 Å². The highest BCUT2D eigenvalue weighted by atomic mass is 16.5. The highest BCUT2D eigenvalue weighted by molar-refractivity contribution is 5.68. The van der Waals surface area contributed by atoms with Crippen molar-refractivity contribution in [3.8, 4) is 11.4 Å². The molecular weight excluding hydrogens is 196 g/mol. The Balaban J connectivity index is 2.31. The number of primary amides is 1. The van der Waals surface area contributed by atoms with Crippen LogP contribution in [0.4, 0.5) is 4.79 Å². The fourth-order valence-corrected chi connectivity index (χ4v) is 1.14. The van der Waals surface area contributed by atoms with E-state index in [0.717, 1.165) is 0 Å². The molecule has 6 nitrogen and oxygen atoms in total. The number of amides is 1. The van der Waals surface area contributed by atoms with Gasteiger partial charge in [0.05, 0.1) is 18.1 Å². The van der Waals surface area contributed by atoms with Gasteiger partial charge in [-0.25, -0.2) is 4.79 Å². The molecule has 6 heteroatoms. The zero-order valence-corrected chi connectivity index (χ0v) is 7.70. The van der Waals surface area contributed by atoms with Crippen LogP contribution >= 0.6 is 0 Å². The molecule has 0 aliphatic heterocycles. The monoisotopic (exact) mass is 204 g/mol. The van der Waals surface area contributed by atoms with Crippen LogP contribution in [0.25, 0.3) is 5.69 Å². The predicted octanol–water partition coefficient (Wildman–Crippen LogP) is 0.725. The Kier molecular flexibility index (Phi) is 2.32. The van der Waals surface area contributed by atoms with Crippen LogP contribution in [0.3, 0.4) is 0 Å². The third kappa shape index (κ3) is 2.11. The van der Waals surface area contributed by atoms with Gasteiger partial charge >= 0.3 is 6.09 Å². The van der Waals surface area contributed by atoms with E-state index in [4.69, 9.17) is 10.5 Å². The Hall–Kier alpha value is -2.37. The van der Waals surface area contributed by atoms with Crippen molar-refractivity contribution in [2.45, 2.75) is 0 Å². The minimum atomic E-state index is -0.847. The number of nitrogens with two attached hydrogens (primary N) is 1. The first kappa shape index (κ1) is 9.20. The maximum absolute atomic E-state index is 10.5. The topological polar surface area (TPSA) is 83.0 Å². The Morgan fingerprint density at radius 1 is 1.33 bits per heavy atom. The van der Waals surface area contributed by atoms with Crippen molar-refractivity contribution >= 4 is 6.09 Å². The van der Waals surface area contributed by atoms with Crippen LogP contribution in [0.1, 0.15) is 0 Å². The molecular formula is C9H8N4O2. The van der Waals surface area contributed by atoms with E-state index in [1.807, 2.05) is 0 Å². The molecule has 0 radical (unpaired) electrons.